The Labute approximate surface area is 262 Å². The van der Waals surface area contributed by atoms with Crippen molar-refractivity contribution in [2.45, 2.75) is 6.92 Å². The molecule has 0 fully saturated rings. The number of hydrogen-bond acceptors (Lipinski definition) is 2. The summed E-state index contributed by atoms with van der Waals surface area (Å²) in [6.07, 6.45) is 1.49. The Morgan fingerprint density at radius 3 is 2.41 bits per heavy atom. The van der Waals surface area contributed by atoms with Gasteiger partial charge in [0.15, 0.2) is 17.4 Å². The van der Waals surface area contributed by atoms with Crippen LogP contribution in [0.5, 0.6) is 0 Å². The molecule has 0 saturated heterocycles. The molecule has 0 bridgehead atoms. The third-order valence-electron chi connectivity index (χ3n) is 7.90. The van der Waals surface area contributed by atoms with Gasteiger partial charge in [-0.05, 0) is 41.3 Å². The third kappa shape index (κ3) is 4.05. The normalized spacial score (nSPS) is 11.5. The van der Waals surface area contributed by atoms with Gasteiger partial charge in [0.25, 0.3) is 0 Å². The molecule has 0 aliphatic rings. The first kappa shape index (κ1) is 25.8. The van der Waals surface area contributed by atoms with Crippen molar-refractivity contribution in [3.05, 3.63) is 127 Å². The fourth-order valence-electron chi connectivity index (χ4n) is 5.92. The van der Waals surface area contributed by atoms with Gasteiger partial charge < -0.3 is 4.42 Å². The molecule has 0 spiro atoms. The second-order valence-corrected chi connectivity index (χ2v) is 10.2. The summed E-state index contributed by atoms with van der Waals surface area (Å²) in [6.45, 7) is 2.16. The Morgan fingerprint density at radius 1 is 0.756 bits per heavy atom. The van der Waals surface area contributed by atoms with E-state index in [1.807, 2.05) is 12.1 Å². The number of aryl methyl sites for hydroxylation is 2. The largest absolute Gasteiger partial charge is 0.445 e. The fourth-order valence-corrected chi connectivity index (χ4v) is 5.92. The molecule has 8 aromatic rings. The third-order valence-corrected chi connectivity index (χ3v) is 7.90. The van der Waals surface area contributed by atoms with Crippen molar-refractivity contribution in [3.8, 4) is 28.2 Å². The van der Waals surface area contributed by atoms with Gasteiger partial charge in [-0.2, -0.15) is 29.3 Å². The smallest absolute Gasteiger partial charge is 0.229 e. The topological polar surface area (TPSA) is 34.8 Å². The van der Waals surface area contributed by atoms with Crippen LogP contribution in [0.15, 0.2) is 114 Å². The summed E-state index contributed by atoms with van der Waals surface area (Å²) in [5, 5.41) is 4.48. The maximum absolute atomic E-state index is 5.49. The molecule has 0 saturated carbocycles. The predicted octanol–water partition coefficient (Wildman–Crippen LogP) is 8.14. The summed E-state index contributed by atoms with van der Waals surface area (Å²) < 4.78 is 10.2. The molecule has 0 unspecified atom stereocenters. The van der Waals surface area contributed by atoms with Crippen molar-refractivity contribution in [2.75, 3.05) is 0 Å². The van der Waals surface area contributed by atoms with Crippen LogP contribution in [0.3, 0.4) is 0 Å². The first-order valence-electron chi connectivity index (χ1n) is 13.4. The number of oxazole rings is 1. The van der Waals surface area contributed by atoms with Crippen LogP contribution < -0.4 is 4.57 Å². The maximum atomic E-state index is 5.49. The predicted molar refractivity (Wildman–Crippen MR) is 160 cm³/mol. The molecule has 2 heterocycles. The molecule has 0 aliphatic heterocycles. The minimum absolute atomic E-state index is 0. The Hall–Kier alpha value is -4.12. The molecular weight excluding hydrogens is 579 g/mol. The Kier molecular flexibility index (Phi) is 6.34. The second kappa shape index (κ2) is 10.1. The minimum Gasteiger partial charge on any atom is -0.445 e. The number of imidazole rings is 1. The van der Waals surface area contributed by atoms with Gasteiger partial charge in [-0.25, -0.2) is 9.55 Å². The zero-order valence-electron chi connectivity index (χ0n) is 22.7. The van der Waals surface area contributed by atoms with Crippen molar-refractivity contribution in [1.82, 2.24) is 9.55 Å². The zero-order valence-corrected chi connectivity index (χ0v) is 25.6. The first-order valence-corrected chi connectivity index (χ1v) is 13.4. The van der Waals surface area contributed by atoms with Crippen LogP contribution >= 0.6 is 0 Å². The standard InChI is InChI=1S/C36H24N3O.Y/c1-23-12-13-26(25-14-17-29-27(20-25)16-19-33-34(29)37-22-40-33)21-31(23)36-38(2)32-18-15-24-8-6-7-11-30(24)35(32)39(36)28-9-4-3-5-10-28;/h3-19,22H,1-2H3;/q-1;. The molecule has 0 amide bonds. The summed E-state index contributed by atoms with van der Waals surface area (Å²) >= 11 is 0. The van der Waals surface area contributed by atoms with Crippen molar-refractivity contribution in [3.63, 3.8) is 0 Å². The van der Waals surface area contributed by atoms with Gasteiger partial charge in [0, 0.05) is 38.1 Å². The second-order valence-electron chi connectivity index (χ2n) is 10.2. The van der Waals surface area contributed by atoms with Gasteiger partial charge >= 0.3 is 0 Å². The van der Waals surface area contributed by atoms with E-state index in [-0.39, 0.29) is 32.7 Å². The number of para-hydroxylation sites is 1. The van der Waals surface area contributed by atoms with E-state index in [1.54, 1.807) is 0 Å². The first-order chi connectivity index (χ1) is 19.7. The quantitative estimate of drug-likeness (QED) is 0.151. The van der Waals surface area contributed by atoms with Gasteiger partial charge in [0.2, 0.25) is 5.82 Å². The fraction of sp³-hybridized carbons (Fsp3) is 0.0556. The summed E-state index contributed by atoms with van der Waals surface area (Å²) in [6, 6.07) is 43.6. The summed E-state index contributed by atoms with van der Waals surface area (Å²) in [7, 11) is 2.15. The van der Waals surface area contributed by atoms with E-state index in [0.717, 1.165) is 55.6 Å². The van der Waals surface area contributed by atoms with Crippen LogP contribution in [0, 0.1) is 19.1 Å². The van der Waals surface area contributed by atoms with E-state index in [1.165, 1.54) is 28.2 Å². The molecule has 193 valence electrons. The number of aromatic nitrogens is 3. The number of nitrogens with zero attached hydrogens (tertiary/aromatic N) is 3. The van der Waals surface area contributed by atoms with Gasteiger partial charge in [0.1, 0.15) is 11.3 Å². The number of benzene rings is 6. The van der Waals surface area contributed by atoms with E-state index in [0.29, 0.717) is 0 Å². The molecule has 0 aliphatic carbocycles. The molecule has 6 aromatic carbocycles. The van der Waals surface area contributed by atoms with Gasteiger partial charge in [-0.1, -0.05) is 54.8 Å². The molecule has 0 atom stereocenters. The van der Waals surface area contributed by atoms with E-state index >= 15 is 0 Å². The average molecular weight is 604 g/mol. The van der Waals surface area contributed by atoms with Crippen LogP contribution in [0.25, 0.3) is 71.9 Å². The number of rotatable bonds is 3. The van der Waals surface area contributed by atoms with E-state index in [4.69, 9.17) is 4.42 Å². The molecule has 41 heavy (non-hydrogen) atoms. The Bertz CT molecular complexity index is 2250. The van der Waals surface area contributed by atoms with Crippen LogP contribution in [0.1, 0.15) is 5.56 Å². The van der Waals surface area contributed by atoms with Crippen molar-refractivity contribution >= 4 is 43.7 Å². The van der Waals surface area contributed by atoms with Crippen LogP contribution in [0.4, 0.5) is 0 Å². The number of fused-ring (bicyclic) bond motifs is 6. The molecule has 5 heteroatoms. The minimum atomic E-state index is 0. The average Bonchev–Trinajstić information content (AvgIpc) is 3.60. The molecule has 2 aromatic heterocycles. The van der Waals surface area contributed by atoms with Crippen LogP contribution in [-0.4, -0.2) is 9.55 Å². The number of hydrogen-bond donors (Lipinski definition) is 0. The SMILES string of the molecule is Cc1ccc(-c2[c-]c3ccc4ocnc4c3cc2)[c-]c1-c1n(-c2ccccc2)c2c3ccccc3ccc2[n+]1C.[Y]. The molecule has 4 nitrogen and oxygen atoms in total. The Balaban J connectivity index is 0.00000276. The summed E-state index contributed by atoms with van der Waals surface area (Å²) in [4.78, 5) is 4.41. The monoisotopic (exact) mass is 603 g/mol. The van der Waals surface area contributed by atoms with E-state index in [9.17, 15) is 0 Å². The maximum Gasteiger partial charge on any atom is 0.229 e. The van der Waals surface area contributed by atoms with E-state index < -0.39 is 0 Å². The molecule has 1 radical (unpaired) electrons. The van der Waals surface area contributed by atoms with Gasteiger partial charge in [0.05, 0.1) is 12.6 Å². The Morgan fingerprint density at radius 2 is 1.54 bits per heavy atom. The molecular formula is C36H24N3OY-. The van der Waals surface area contributed by atoms with Crippen LogP contribution in [-0.2, 0) is 39.8 Å². The van der Waals surface area contributed by atoms with Gasteiger partial charge in [-0.15, -0.1) is 35.2 Å². The zero-order chi connectivity index (χ0) is 26.8. The van der Waals surface area contributed by atoms with Crippen molar-refractivity contribution < 1.29 is 41.7 Å². The van der Waals surface area contributed by atoms with Gasteiger partial charge in [-0.3, -0.25) is 4.57 Å². The molecule has 8 rings (SSSR count). The van der Waals surface area contributed by atoms with Crippen LogP contribution in [0.2, 0.25) is 0 Å². The van der Waals surface area contributed by atoms with Crippen molar-refractivity contribution in [1.29, 1.82) is 0 Å². The van der Waals surface area contributed by atoms with E-state index in [2.05, 4.69) is 131 Å². The molecule has 0 N–H and O–H groups in total. The summed E-state index contributed by atoms with van der Waals surface area (Å²) in [5.41, 5.74) is 9.33. The van der Waals surface area contributed by atoms with Crippen molar-refractivity contribution in [2.24, 2.45) is 7.05 Å². The summed E-state index contributed by atoms with van der Waals surface area (Å²) in [5.74, 6) is 1.09.